The van der Waals surface area contributed by atoms with E-state index < -0.39 is 6.04 Å². The van der Waals surface area contributed by atoms with Crippen LogP contribution in [-0.2, 0) is 17.6 Å². The van der Waals surface area contributed by atoms with Gasteiger partial charge in [-0.2, -0.15) is 0 Å². The Bertz CT molecular complexity index is 988. The maximum Gasteiger partial charge on any atom is 0.226 e. The third-order valence-corrected chi connectivity index (χ3v) is 5.18. The Hall–Kier alpha value is -2.92. The Morgan fingerprint density at radius 2 is 1.93 bits per heavy atom. The molecular weight excluding hydrogens is 338 g/mol. The highest BCUT2D eigenvalue weighted by molar-refractivity contribution is 6.07. The number of nitrogens with one attached hydrogen (secondary N) is 3. The lowest BCUT2D eigenvalue weighted by Crippen LogP contribution is -2.39. The Morgan fingerprint density at radius 3 is 2.70 bits per heavy atom. The molecule has 5 nitrogen and oxygen atoms in total. The number of carbonyl (C=O) groups is 2. The molecule has 1 amide bonds. The molecule has 0 bridgehead atoms. The number of aromatic nitrogens is 1. The number of benzene rings is 2. The molecule has 0 spiro atoms. The summed E-state index contributed by atoms with van der Waals surface area (Å²) in [4.78, 5) is 28.7. The van der Waals surface area contributed by atoms with E-state index in [0.29, 0.717) is 12.2 Å². The third-order valence-electron chi connectivity index (χ3n) is 5.18. The van der Waals surface area contributed by atoms with Crippen molar-refractivity contribution in [1.82, 2.24) is 10.3 Å². The van der Waals surface area contributed by atoms with E-state index in [4.69, 9.17) is 0 Å². The number of H-pyrrole nitrogens is 1. The van der Waals surface area contributed by atoms with Crippen LogP contribution in [0.25, 0.3) is 10.9 Å². The fraction of sp³-hybridized carbons (Fsp3) is 0.273. The minimum atomic E-state index is -0.519. The van der Waals surface area contributed by atoms with Crippen molar-refractivity contribution in [1.29, 1.82) is 0 Å². The molecule has 1 atom stereocenters. The van der Waals surface area contributed by atoms with Crippen LogP contribution < -0.4 is 10.6 Å². The Labute approximate surface area is 158 Å². The van der Waals surface area contributed by atoms with Crippen molar-refractivity contribution in [2.45, 2.75) is 32.2 Å². The molecule has 2 aromatic carbocycles. The molecule has 0 fully saturated rings. The number of hydrogen-bond acceptors (Lipinski definition) is 3. The van der Waals surface area contributed by atoms with Gasteiger partial charge in [0, 0.05) is 23.0 Å². The van der Waals surface area contributed by atoms with E-state index in [9.17, 15) is 9.59 Å². The first kappa shape index (κ1) is 17.5. The largest absolute Gasteiger partial charge is 0.352 e. The lowest BCUT2D eigenvalue weighted by atomic mass is 10.0. The van der Waals surface area contributed by atoms with E-state index in [1.807, 2.05) is 48.5 Å². The van der Waals surface area contributed by atoms with Gasteiger partial charge in [0.1, 0.15) is 0 Å². The zero-order valence-corrected chi connectivity index (χ0v) is 15.3. The maximum atomic E-state index is 13.0. The summed E-state index contributed by atoms with van der Waals surface area (Å²) in [7, 11) is 0. The third kappa shape index (κ3) is 3.51. The van der Waals surface area contributed by atoms with E-state index in [0.717, 1.165) is 35.0 Å². The monoisotopic (exact) mass is 361 g/mol. The SMILES string of the molecule is CCc1ccc(NC(=O)CC2NCCc3c([nH]c4ccccc34)C2=O)cc1. The van der Waals surface area contributed by atoms with E-state index in [1.165, 1.54) is 5.56 Å². The maximum absolute atomic E-state index is 13.0. The minimum Gasteiger partial charge on any atom is -0.352 e. The molecule has 1 aliphatic heterocycles. The first-order valence-electron chi connectivity index (χ1n) is 9.41. The van der Waals surface area contributed by atoms with Gasteiger partial charge in [-0.15, -0.1) is 0 Å². The minimum absolute atomic E-state index is 0.0461. The number of carbonyl (C=O) groups excluding carboxylic acids is 2. The molecule has 0 saturated carbocycles. The van der Waals surface area contributed by atoms with Gasteiger partial charge in [0.25, 0.3) is 0 Å². The lowest BCUT2D eigenvalue weighted by Gasteiger charge is -2.14. The van der Waals surface area contributed by atoms with Gasteiger partial charge in [0.05, 0.1) is 11.7 Å². The van der Waals surface area contributed by atoms with Crippen LogP contribution >= 0.6 is 0 Å². The van der Waals surface area contributed by atoms with Crippen LogP contribution in [0.4, 0.5) is 5.69 Å². The smallest absolute Gasteiger partial charge is 0.226 e. The zero-order valence-electron chi connectivity index (χ0n) is 15.3. The Morgan fingerprint density at radius 1 is 1.15 bits per heavy atom. The van der Waals surface area contributed by atoms with Crippen molar-refractivity contribution < 1.29 is 9.59 Å². The predicted octanol–water partition coefficient (Wildman–Crippen LogP) is 3.46. The summed E-state index contributed by atoms with van der Waals surface area (Å²) in [5.74, 6) is -0.208. The van der Waals surface area contributed by atoms with E-state index in [-0.39, 0.29) is 18.1 Å². The fourth-order valence-electron chi connectivity index (χ4n) is 3.69. The highest BCUT2D eigenvalue weighted by Crippen LogP contribution is 2.26. The fourth-order valence-corrected chi connectivity index (χ4v) is 3.69. The topological polar surface area (TPSA) is 74.0 Å². The number of fused-ring (bicyclic) bond motifs is 3. The second-order valence-corrected chi connectivity index (χ2v) is 6.95. The summed E-state index contributed by atoms with van der Waals surface area (Å²) in [5, 5.41) is 7.21. The van der Waals surface area contributed by atoms with Crippen molar-refractivity contribution in [3.63, 3.8) is 0 Å². The van der Waals surface area contributed by atoms with E-state index in [2.05, 4.69) is 22.5 Å². The lowest BCUT2D eigenvalue weighted by molar-refractivity contribution is -0.116. The van der Waals surface area contributed by atoms with Gasteiger partial charge in [0.15, 0.2) is 5.78 Å². The van der Waals surface area contributed by atoms with Gasteiger partial charge < -0.3 is 15.6 Å². The molecule has 27 heavy (non-hydrogen) atoms. The standard InChI is InChI=1S/C22H23N3O2/c1-2-14-7-9-15(10-8-14)24-20(26)13-19-22(27)21-17(11-12-23-19)16-5-3-4-6-18(16)25-21/h3-10,19,23,25H,2,11-13H2,1H3,(H,24,26). The molecule has 2 heterocycles. The van der Waals surface area contributed by atoms with Gasteiger partial charge in [-0.25, -0.2) is 0 Å². The molecule has 1 aromatic heterocycles. The molecular formula is C22H23N3O2. The molecule has 1 aliphatic rings. The first-order valence-corrected chi connectivity index (χ1v) is 9.41. The quantitative estimate of drug-likeness (QED) is 0.666. The van der Waals surface area contributed by atoms with Crippen molar-refractivity contribution >= 4 is 28.3 Å². The summed E-state index contributed by atoms with van der Waals surface area (Å²) in [6.45, 7) is 2.76. The number of para-hydroxylation sites is 1. The van der Waals surface area contributed by atoms with Crippen LogP contribution in [0.15, 0.2) is 48.5 Å². The number of hydrogen-bond donors (Lipinski definition) is 3. The zero-order chi connectivity index (χ0) is 18.8. The number of anilines is 1. The molecule has 0 saturated heterocycles. The number of amides is 1. The normalized spacial score (nSPS) is 16.8. The molecule has 3 N–H and O–H groups in total. The molecule has 3 aromatic rings. The van der Waals surface area contributed by atoms with Gasteiger partial charge in [-0.05, 0) is 48.7 Å². The van der Waals surface area contributed by atoms with Crippen LogP contribution in [0.3, 0.4) is 0 Å². The van der Waals surface area contributed by atoms with Crippen LogP contribution in [0.2, 0.25) is 0 Å². The second kappa shape index (κ2) is 7.37. The highest BCUT2D eigenvalue weighted by Gasteiger charge is 2.29. The van der Waals surface area contributed by atoms with Crippen molar-refractivity contribution in [3.05, 3.63) is 65.4 Å². The van der Waals surface area contributed by atoms with Gasteiger partial charge in [-0.1, -0.05) is 37.3 Å². The molecule has 138 valence electrons. The van der Waals surface area contributed by atoms with E-state index >= 15 is 0 Å². The molecule has 1 unspecified atom stereocenters. The van der Waals surface area contributed by atoms with Crippen molar-refractivity contribution in [2.24, 2.45) is 0 Å². The van der Waals surface area contributed by atoms with Crippen LogP contribution in [0.5, 0.6) is 0 Å². The Balaban J connectivity index is 1.50. The molecule has 5 heteroatoms. The highest BCUT2D eigenvalue weighted by atomic mass is 16.2. The number of rotatable bonds is 4. The molecule has 0 radical (unpaired) electrons. The van der Waals surface area contributed by atoms with Gasteiger partial charge >= 0.3 is 0 Å². The van der Waals surface area contributed by atoms with Crippen molar-refractivity contribution in [3.8, 4) is 0 Å². The molecule has 4 rings (SSSR count). The van der Waals surface area contributed by atoms with Crippen LogP contribution in [-0.4, -0.2) is 29.3 Å². The summed E-state index contributed by atoms with van der Waals surface area (Å²) >= 11 is 0. The molecule has 0 aliphatic carbocycles. The van der Waals surface area contributed by atoms with Crippen LogP contribution in [0.1, 0.15) is 35.0 Å². The average Bonchev–Trinajstić information content (AvgIpc) is 2.99. The number of ketones is 1. The predicted molar refractivity (Wildman–Crippen MR) is 107 cm³/mol. The summed E-state index contributed by atoms with van der Waals surface area (Å²) in [6.07, 6.45) is 1.84. The first-order chi connectivity index (χ1) is 13.2. The number of aryl methyl sites for hydroxylation is 1. The number of Topliss-reactive ketones (excluding diaryl/α,β-unsaturated/α-hetero) is 1. The van der Waals surface area contributed by atoms with E-state index in [1.54, 1.807) is 0 Å². The van der Waals surface area contributed by atoms with Crippen LogP contribution in [0, 0.1) is 0 Å². The van der Waals surface area contributed by atoms with Gasteiger partial charge in [0.2, 0.25) is 5.91 Å². The Kier molecular flexibility index (Phi) is 4.77. The number of aromatic amines is 1. The van der Waals surface area contributed by atoms with Crippen molar-refractivity contribution in [2.75, 3.05) is 11.9 Å². The summed E-state index contributed by atoms with van der Waals surface area (Å²) in [5.41, 5.74) is 4.62. The summed E-state index contributed by atoms with van der Waals surface area (Å²) < 4.78 is 0. The van der Waals surface area contributed by atoms with Gasteiger partial charge in [-0.3, -0.25) is 9.59 Å². The summed E-state index contributed by atoms with van der Waals surface area (Å²) in [6, 6.07) is 15.2. The second-order valence-electron chi connectivity index (χ2n) is 6.95. The average molecular weight is 361 g/mol.